The summed E-state index contributed by atoms with van der Waals surface area (Å²) in [7, 11) is 0. The first-order chi connectivity index (χ1) is 21.7. The van der Waals surface area contributed by atoms with E-state index in [2.05, 4.69) is 23.8 Å². The minimum absolute atomic E-state index is 0.0584. The molecule has 4 N–H and O–H groups in total. The van der Waals surface area contributed by atoms with E-state index in [4.69, 9.17) is 23.7 Å². The first-order valence-electron chi connectivity index (χ1n) is 16.0. The van der Waals surface area contributed by atoms with Gasteiger partial charge in [-0.2, -0.15) is 0 Å². The van der Waals surface area contributed by atoms with E-state index < -0.39 is 12.2 Å². The molecule has 45 heavy (non-hydrogen) atoms. The van der Waals surface area contributed by atoms with Crippen molar-refractivity contribution in [1.29, 1.82) is 0 Å². The number of allylic oxidation sites excluding steroid dienone is 2. The van der Waals surface area contributed by atoms with Crippen molar-refractivity contribution in [2.75, 3.05) is 52.7 Å². The number of nitrogens with one attached hydrogen (secondary N) is 2. The van der Waals surface area contributed by atoms with E-state index in [0.29, 0.717) is 39.5 Å². The molecule has 0 heterocycles. The molecule has 9 nitrogen and oxygen atoms in total. The number of hydrogen-bond donors (Lipinski definition) is 4. The zero-order valence-electron chi connectivity index (χ0n) is 27.7. The highest BCUT2D eigenvalue weighted by Gasteiger charge is 2.14. The van der Waals surface area contributed by atoms with Crippen LogP contribution in [0.3, 0.4) is 0 Å². The number of benzene rings is 2. The Balaban J connectivity index is 1.50. The molecule has 6 unspecified atom stereocenters. The van der Waals surface area contributed by atoms with Gasteiger partial charge in [0.15, 0.2) is 0 Å². The highest BCUT2D eigenvalue weighted by atomic mass is 16.6. The maximum atomic E-state index is 10.3. The molecule has 9 heteroatoms. The van der Waals surface area contributed by atoms with Gasteiger partial charge in [-0.05, 0) is 63.8 Å². The summed E-state index contributed by atoms with van der Waals surface area (Å²) in [6, 6.07) is 15.7. The maximum Gasteiger partial charge on any atom is 0.122 e. The van der Waals surface area contributed by atoms with E-state index in [-0.39, 0.29) is 37.5 Å². The molecule has 0 spiro atoms. The lowest BCUT2D eigenvalue weighted by molar-refractivity contribution is -0.0614. The number of rotatable bonds is 26. The molecular weight excluding hydrogens is 572 g/mol. The van der Waals surface area contributed by atoms with Gasteiger partial charge in [-0.15, -0.1) is 13.2 Å². The Morgan fingerprint density at radius 1 is 0.622 bits per heavy atom. The molecule has 0 aliphatic rings. The molecular formula is C36H56N2O7. The molecule has 0 saturated carbocycles. The summed E-state index contributed by atoms with van der Waals surface area (Å²) in [5.74, 6) is 1.54. The molecule has 2 rings (SSSR count). The summed E-state index contributed by atoms with van der Waals surface area (Å²) in [5, 5.41) is 27.2. The molecule has 2 aromatic rings. The van der Waals surface area contributed by atoms with Crippen LogP contribution in [0, 0.1) is 0 Å². The average molecular weight is 629 g/mol. The lowest BCUT2D eigenvalue weighted by Gasteiger charge is -2.22. The fraction of sp³-hybridized carbons (Fsp3) is 0.556. The van der Waals surface area contributed by atoms with Crippen LogP contribution < -0.4 is 20.1 Å². The third-order valence-corrected chi connectivity index (χ3v) is 6.91. The second-order valence-electron chi connectivity index (χ2n) is 11.6. The topological polar surface area (TPSA) is 111 Å². The fourth-order valence-corrected chi connectivity index (χ4v) is 4.34. The molecule has 2 aromatic carbocycles. The van der Waals surface area contributed by atoms with Gasteiger partial charge in [0.1, 0.15) is 36.9 Å². The molecule has 0 amide bonds. The van der Waals surface area contributed by atoms with Gasteiger partial charge in [0.05, 0.1) is 38.6 Å². The highest BCUT2D eigenvalue weighted by molar-refractivity contribution is 5.35. The van der Waals surface area contributed by atoms with Crippen LogP contribution in [0.1, 0.15) is 38.8 Å². The number of aliphatic hydroxyl groups is 2. The van der Waals surface area contributed by atoms with Crippen LogP contribution in [0.15, 0.2) is 73.8 Å². The lowest BCUT2D eigenvalue weighted by Crippen LogP contribution is -2.40. The van der Waals surface area contributed by atoms with Crippen molar-refractivity contribution in [3.05, 3.63) is 85.0 Å². The average Bonchev–Trinajstić information content (AvgIpc) is 3.04. The molecule has 6 atom stereocenters. The number of aliphatic hydroxyl groups excluding tert-OH is 2. The van der Waals surface area contributed by atoms with Crippen LogP contribution in [-0.4, -0.2) is 99.4 Å². The molecule has 0 fully saturated rings. The van der Waals surface area contributed by atoms with Crippen molar-refractivity contribution >= 4 is 0 Å². The molecule has 0 saturated heterocycles. The second-order valence-corrected chi connectivity index (χ2v) is 11.6. The fourth-order valence-electron chi connectivity index (χ4n) is 4.34. The zero-order chi connectivity index (χ0) is 32.9. The summed E-state index contributed by atoms with van der Waals surface area (Å²) in [5.41, 5.74) is 2.10. The van der Waals surface area contributed by atoms with Crippen molar-refractivity contribution in [3.8, 4) is 11.5 Å². The van der Waals surface area contributed by atoms with E-state index in [0.717, 1.165) is 35.5 Å². The Bertz CT molecular complexity index is 1080. The normalized spacial score (nSPS) is 15.4. The van der Waals surface area contributed by atoms with Gasteiger partial charge >= 0.3 is 0 Å². The Morgan fingerprint density at radius 3 is 1.58 bits per heavy atom. The first kappa shape index (κ1) is 38.4. The number of ether oxygens (including phenoxy) is 5. The highest BCUT2D eigenvalue weighted by Crippen LogP contribution is 2.20. The van der Waals surface area contributed by atoms with Crippen molar-refractivity contribution in [2.45, 2.75) is 77.0 Å². The summed E-state index contributed by atoms with van der Waals surface area (Å²) in [6.07, 6.45) is 3.67. The monoisotopic (exact) mass is 628 g/mol. The van der Waals surface area contributed by atoms with Gasteiger partial charge < -0.3 is 44.5 Å². The molecule has 0 aliphatic carbocycles. The maximum absolute atomic E-state index is 10.3. The van der Waals surface area contributed by atoms with E-state index >= 15 is 0 Å². The zero-order valence-corrected chi connectivity index (χ0v) is 27.7. The Labute approximate surface area is 270 Å². The molecule has 252 valence electrons. The minimum atomic E-state index is -0.640. The predicted octanol–water partition coefficient (Wildman–Crippen LogP) is 4.11. The van der Waals surface area contributed by atoms with Crippen LogP contribution >= 0.6 is 0 Å². The van der Waals surface area contributed by atoms with E-state index in [1.54, 1.807) is 0 Å². The van der Waals surface area contributed by atoms with Gasteiger partial charge in [-0.25, -0.2) is 0 Å². The van der Waals surface area contributed by atoms with Crippen molar-refractivity contribution in [1.82, 2.24) is 10.6 Å². The van der Waals surface area contributed by atoms with Gasteiger partial charge in [0, 0.05) is 25.2 Å². The van der Waals surface area contributed by atoms with Gasteiger partial charge in [-0.1, -0.05) is 48.6 Å². The van der Waals surface area contributed by atoms with Crippen molar-refractivity contribution in [2.24, 2.45) is 0 Å². The van der Waals surface area contributed by atoms with E-state index in [1.807, 2.05) is 88.4 Å². The first-order valence-corrected chi connectivity index (χ1v) is 16.0. The van der Waals surface area contributed by atoms with Crippen molar-refractivity contribution in [3.63, 3.8) is 0 Å². The van der Waals surface area contributed by atoms with Crippen molar-refractivity contribution < 1.29 is 33.9 Å². The Hall–Kier alpha value is -2.76. The van der Waals surface area contributed by atoms with Crippen LogP contribution in [-0.2, 0) is 27.1 Å². The summed E-state index contributed by atoms with van der Waals surface area (Å²) in [4.78, 5) is 0. The Kier molecular flexibility index (Phi) is 19.4. The second kappa shape index (κ2) is 22.7. The summed E-state index contributed by atoms with van der Waals surface area (Å²) in [6.45, 7) is 18.7. The third kappa shape index (κ3) is 16.9. The van der Waals surface area contributed by atoms with Gasteiger partial charge in [0.2, 0.25) is 0 Å². The molecule has 0 aliphatic heterocycles. The lowest BCUT2D eigenvalue weighted by atomic mass is 10.1. The number of hydrogen-bond acceptors (Lipinski definition) is 9. The molecule has 0 bridgehead atoms. The van der Waals surface area contributed by atoms with Gasteiger partial charge in [0.25, 0.3) is 0 Å². The minimum Gasteiger partial charge on any atom is -0.491 e. The van der Waals surface area contributed by atoms with E-state index in [9.17, 15) is 10.2 Å². The number of para-hydroxylation sites is 2. The predicted molar refractivity (Wildman–Crippen MR) is 180 cm³/mol. The summed E-state index contributed by atoms with van der Waals surface area (Å²) >= 11 is 0. The largest absolute Gasteiger partial charge is 0.491 e. The molecule has 0 aromatic heterocycles. The van der Waals surface area contributed by atoms with Crippen LogP contribution in [0.5, 0.6) is 11.5 Å². The molecule has 0 radical (unpaired) electrons. The van der Waals surface area contributed by atoms with Crippen LogP contribution in [0.4, 0.5) is 0 Å². The van der Waals surface area contributed by atoms with Crippen LogP contribution in [0.25, 0.3) is 0 Å². The quantitative estimate of drug-likeness (QED) is 0.115. The van der Waals surface area contributed by atoms with E-state index in [1.165, 1.54) is 0 Å². The smallest absolute Gasteiger partial charge is 0.122 e. The van der Waals surface area contributed by atoms with Crippen LogP contribution in [0.2, 0.25) is 0 Å². The Morgan fingerprint density at radius 2 is 1.07 bits per heavy atom. The SMILES string of the molecule is C=CCc1ccccc1OCC(O)CNC(C)COCC(C)OCC(C)OCC(C)NCC(O)COc1ccccc1CC=C. The standard InChI is InChI=1S/C36H56N2O7/c1-7-13-31-15-9-11-17-35(31)44-25-33(39)19-37-27(3)21-41-23-29(5)43-24-30(6)42-22-28(4)38-20-34(40)26-45-36-18-12-10-16-32(36)14-8-2/h7-12,15-18,27-30,33-34,37-40H,1-2,13-14,19-26H2,3-6H3. The third-order valence-electron chi connectivity index (χ3n) is 6.91. The summed E-state index contributed by atoms with van der Waals surface area (Å²) < 4.78 is 29.3. The van der Waals surface area contributed by atoms with Gasteiger partial charge in [-0.3, -0.25) is 0 Å².